The van der Waals surface area contributed by atoms with Gasteiger partial charge < -0.3 is 9.72 Å². The van der Waals surface area contributed by atoms with Crippen LogP contribution in [0.2, 0.25) is 0 Å². The molecule has 3 fully saturated rings. The van der Waals surface area contributed by atoms with Gasteiger partial charge in [0.25, 0.3) is 0 Å². The van der Waals surface area contributed by atoms with Crippen LogP contribution in [0.5, 0.6) is 0 Å². The average Bonchev–Trinajstić information content (AvgIpc) is 3.22. The first-order valence-electron chi connectivity index (χ1n) is 11.0. The van der Waals surface area contributed by atoms with Crippen LogP contribution in [0.1, 0.15) is 17.9 Å². The molecule has 1 saturated heterocycles. The monoisotopic (exact) mass is 476 g/mol. The molecule has 0 bridgehead atoms. The lowest BCUT2D eigenvalue weighted by atomic mass is 9.68. The van der Waals surface area contributed by atoms with Gasteiger partial charge >= 0.3 is 0 Å². The number of imidazole rings is 1. The number of pyridine rings is 1. The van der Waals surface area contributed by atoms with Crippen molar-refractivity contribution in [3.8, 4) is 0 Å². The molecule has 3 N–H and O–H groups in total. The zero-order chi connectivity index (χ0) is 22.7. The Morgan fingerprint density at radius 1 is 1.30 bits per heavy atom. The summed E-state index contributed by atoms with van der Waals surface area (Å²) in [6.45, 7) is 1.05. The number of nitrogens with zero attached hydrogens (tertiary/aromatic N) is 5. The summed E-state index contributed by atoms with van der Waals surface area (Å²) in [5.41, 5.74) is 7.95. The van der Waals surface area contributed by atoms with E-state index in [-0.39, 0.29) is 36.1 Å². The van der Waals surface area contributed by atoms with E-state index < -0.39 is 23.6 Å². The summed E-state index contributed by atoms with van der Waals surface area (Å²) < 4.78 is 32.2. The number of hydrogen-bond acceptors (Lipinski definition) is 6. The summed E-state index contributed by atoms with van der Waals surface area (Å²) in [6, 6.07) is 3.61. The van der Waals surface area contributed by atoms with Gasteiger partial charge in [-0.05, 0) is 24.0 Å². The van der Waals surface area contributed by atoms with E-state index in [1.807, 2.05) is 18.3 Å². The number of anilines is 1. The molecule has 8 atom stereocenters. The van der Waals surface area contributed by atoms with E-state index in [1.165, 1.54) is 0 Å². The highest BCUT2D eigenvalue weighted by atomic mass is 35.5. The summed E-state index contributed by atoms with van der Waals surface area (Å²) in [6.07, 6.45) is 4.80. The molecule has 12 heteroatoms. The number of hydrogen-bond donors (Lipinski definition) is 3. The Kier molecular flexibility index (Phi) is 5.07. The third-order valence-corrected chi connectivity index (χ3v) is 7.59. The van der Waals surface area contributed by atoms with Gasteiger partial charge in [0.2, 0.25) is 5.91 Å². The number of halogens is 3. The fourth-order valence-corrected chi connectivity index (χ4v) is 5.80. The number of aromatic nitrogens is 5. The SMILES string of the molecule is O=C(Nc1cn2cc(C3C(Cl)C(F)C(Cn4ccnn4)C4NNCC43)ccc2n1)[C@@H]1C[C@@H]1F. The van der Waals surface area contributed by atoms with Crippen molar-refractivity contribution in [1.82, 2.24) is 35.2 Å². The molecular formula is C21H23ClF2N8O. The molecule has 2 saturated carbocycles. The van der Waals surface area contributed by atoms with E-state index in [9.17, 15) is 9.18 Å². The molecule has 33 heavy (non-hydrogen) atoms. The van der Waals surface area contributed by atoms with Crippen LogP contribution < -0.4 is 16.2 Å². The van der Waals surface area contributed by atoms with Gasteiger partial charge in [0.15, 0.2) is 5.82 Å². The van der Waals surface area contributed by atoms with Crippen molar-refractivity contribution in [3.63, 3.8) is 0 Å². The normalized spacial score (nSPS) is 35.5. The van der Waals surface area contributed by atoms with Gasteiger partial charge in [0, 0.05) is 43.4 Å². The topological polar surface area (TPSA) is 101 Å². The lowest BCUT2D eigenvalue weighted by Gasteiger charge is -2.44. The minimum Gasteiger partial charge on any atom is -0.309 e. The van der Waals surface area contributed by atoms with Crippen molar-refractivity contribution in [2.75, 3.05) is 11.9 Å². The van der Waals surface area contributed by atoms with Crippen LogP contribution in [0, 0.1) is 17.8 Å². The molecule has 6 rings (SSSR count). The average molecular weight is 477 g/mol. The Hall–Kier alpha value is -2.63. The van der Waals surface area contributed by atoms with E-state index in [1.54, 1.807) is 27.7 Å². The molecule has 0 spiro atoms. The van der Waals surface area contributed by atoms with Crippen LogP contribution in [0.3, 0.4) is 0 Å². The number of fused-ring (bicyclic) bond motifs is 2. The summed E-state index contributed by atoms with van der Waals surface area (Å²) in [5.74, 6) is -1.10. The summed E-state index contributed by atoms with van der Waals surface area (Å²) in [4.78, 5) is 16.4. The Morgan fingerprint density at radius 3 is 2.91 bits per heavy atom. The van der Waals surface area contributed by atoms with Gasteiger partial charge in [-0.1, -0.05) is 11.3 Å². The second-order valence-corrected chi connectivity index (χ2v) is 9.62. The Bertz CT molecular complexity index is 1170. The van der Waals surface area contributed by atoms with Gasteiger partial charge in [-0.25, -0.2) is 13.8 Å². The lowest BCUT2D eigenvalue weighted by molar-refractivity contribution is -0.117. The maximum Gasteiger partial charge on any atom is 0.231 e. The predicted molar refractivity (Wildman–Crippen MR) is 116 cm³/mol. The maximum atomic E-state index is 15.6. The molecule has 3 aliphatic rings. The number of amides is 1. The second kappa shape index (κ2) is 8.00. The van der Waals surface area contributed by atoms with Crippen molar-refractivity contribution < 1.29 is 13.6 Å². The van der Waals surface area contributed by atoms with E-state index in [4.69, 9.17) is 11.6 Å². The summed E-state index contributed by atoms with van der Waals surface area (Å²) >= 11 is 6.76. The third-order valence-electron chi connectivity index (χ3n) is 7.08. The lowest BCUT2D eigenvalue weighted by Crippen LogP contribution is -2.54. The van der Waals surface area contributed by atoms with Crippen molar-refractivity contribution >= 4 is 29.0 Å². The molecule has 9 nitrogen and oxygen atoms in total. The standard InChI is InChI=1S/C21H23ClF2N8O/c22-18-17(12-6-26-29-20(12)13(19(18)24)8-32-4-3-25-30-32)10-1-2-16-27-15(9-31(16)7-10)28-21(33)11-5-14(11)23/h1-4,7,9,11-14,17-20,26,29H,5-6,8H2,(H,28,33)/t11-,12?,13?,14+,17?,18?,19?,20?/m1/s1. The molecule has 0 radical (unpaired) electrons. The van der Waals surface area contributed by atoms with E-state index in [0.717, 1.165) is 5.56 Å². The molecule has 0 aromatic carbocycles. The number of carbonyl (C=O) groups is 1. The largest absolute Gasteiger partial charge is 0.309 e. The zero-order valence-corrected chi connectivity index (χ0v) is 18.2. The number of rotatable bonds is 5. The van der Waals surface area contributed by atoms with E-state index in [2.05, 4.69) is 31.5 Å². The predicted octanol–water partition coefficient (Wildman–Crippen LogP) is 1.67. The van der Waals surface area contributed by atoms with Crippen LogP contribution in [0.15, 0.2) is 36.9 Å². The summed E-state index contributed by atoms with van der Waals surface area (Å²) in [7, 11) is 0. The molecule has 2 aliphatic carbocycles. The van der Waals surface area contributed by atoms with Crippen molar-refractivity contribution in [2.45, 2.75) is 42.6 Å². The number of carbonyl (C=O) groups excluding carboxylic acids is 1. The van der Waals surface area contributed by atoms with Gasteiger partial charge in [0.1, 0.15) is 18.0 Å². The molecule has 6 unspecified atom stereocenters. The molecular weight excluding hydrogens is 454 g/mol. The van der Waals surface area contributed by atoms with Crippen LogP contribution in [0.4, 0.5) is 14.6 Å². The molecule has 1 aliphatic heterocycles. The van der Waals surface area contributed by atoms with Crippen LogP contribution in [-0.2, 0) is 11.3 Å². The van der Waals surface area contributed by atoms with E-state index in [0.29, 0.717) is 24.6 Å². The molecule has 174 valence electrons. The minimum absolute atomic E-state index is 0.0736. The minimum atomic E-state index is -1.25. The molecule has 4 heterocycles. The van der Waals surface area contributed by atoms with Gasteiger partial charge in [-0.2, -0.15) is 0 Å². The van der Waals surface area contributed by atoms with Crippen LogP contribution in [0.25, 0.3) is 5.65 Å². The number of hydrazine groups is 1. The first-order valence-corrected chi connectivity index (χ1v) is 11.5. The Morgan fingerprint density at radius 2 is 2.15 bits per heavy atom. The maximum absolute atomic E-state index is 15.6. The van der Waals surface area contributed by atoms with Gasteiger partial charge in [-0.15, -0.1) is 16.7 Å². The fourth-order valence-electron chi connectivity index (χ4n) is 5.28. The number of nitrogens with one attached hydrogen (secondary N) is 3. The highest BCUT2D eigenvalue weighted by Crippen LogP contribution is 2.46. The smallest absolute Gasteiger partial charge is 0.231 e. The number of alkyl halides is 3. The fraction of sp³-hybridized carbons (Fsp3) is 0.524. The highest BCUT2D eigenvalue weighted by Gasteiger charge is 2.53. The third kappa shape index (κ3) is 3.68. The zero-order valence-electron chi connectivity index (χ0n) is 17.5. The van der Waals surface area contributed by atoms with Gasteiger partial charge in [0.05, 0.1) is 23.7 Å². The highest BCUT2D eigenvalue weighted by molar-refractivity contribution is 6.21. The molecule has 1 amide bonds. The first-order chi connectivity index (χ1) is 16.0. The molecule has 3 aromatic rings. The molecule has 3 aromatic heterocycles. The van der Waals surface area contributed by atoms with Gasteiger partial charge in [-0.3, -0.25) is 20.3 Å². The quantitative estimate of drug-likeness (QED) is 0.484. The van der Waals surface area contributed by atoms with Crippen molar-refractivity contribution in [1.29, 1.82) is 0 Å². The Balaban J connectivity index is 1.26. The Labute approximate surface area is 192 Å². The van der Waals surface area contributed by atoms with Crippen LogP contribution >= 0.6 is 11.6 Å². The van der Waals surface area contributed by atoms with Crippen molar-refractivity contribution in [3.05, 3.63) is 42.5 Å². The van der Waals surface area contributed by atoms with Crippen molar-refractivity contribution in [2.24, 2.45) is 17.8 Å². The second-order valence-electron chi connectivity index (χ2n) is 9.12. The first kappa shape index (κ1) is 20.9. The summed E-state index contributed by atoms with van der Waals surface area (Å²) in [5, 5.41) is 9.75. The van der Waals surface area contributed by atoms with Crippen LogP contribution in [-0.4, -0.2) is 60.6 Å². The van der Waals surface area contributed by atoms with E-state index >= 15 is 4.39 Å².